The molecule has 1 saturated carbocycles. The first-order chi connectivity index (χ1) is 11.2. The SMILES string of the molecule is Fc1ccc(-c2nnc3c4c(c(Cl)nn23)C2CCC4CC2)cc1. The molecule has 3 aliphatic carbocycles. The molecule has 2 bridgehead atoms. The Hall–Kier alpha value is -2.01. The lowest BCUT2D eigenvalue weighted by Gasteiger charge is -2.38. The van der Waals surface area contributed by atoms with Gasteiger partial charge in [0.05, 0.1) is 0 Å². The van der Waals surface area contributed by atoms with E-state index in [1.165, 1.54) is 48.9 Å². The highest BCUT2D eigenvalue weighted by Crippen LogP contribution is 2.52. The number of fused-ring (bicyclic) bond motifs is 3. The lowest BCUT2D eigenvalue weighted by molar-refractivity contribution is 0.358. The molecule has 0 saturated heterocycles. The normalized spacial score (nSPS) is 22.5. The zero-order chi connectivity index (χ0) is 15.6. The maximum Gasteiger partial charge on any atom is 0.185 e. The van der Waals surface area contributed by atoms with Crippen molar-refractivity contribution >= 4 is 17.2 Å². The van der Waals surface area contributed by atoms with Gasteiger partial charge in [-0.05, 0) is 61.8 Å². The summed E-state index contributed by atoms with van der Waals surface area (Å²) in [6.45, 7) is 0. The summed E-state index contributed by atoms with van der Waals surface area (Å²) in [4.78, 5) is 0. The van der Waals surface area contributed by atoms with Gasteiger partial charge in [0.25, 0.3) is 0 Å². The highest BCUT2D eigenvalue weighted by Gasteiger charge is 2.38. The van der Waals surface area contributed by atoms with Crippen molar-refractivity contribution < 1.29 is 4.39 Å². The molecule has 0 radical (unpaired) electrons. The molecule has 1 aromatic carbocycles. The van der Waals surface area contributed by atoms with Gasteiger partial charge in [-0.15, -0.1) is 10.2 Å². The lowest BCUT2D eigenvalue weighted by atomic mass is 9.68. The van der Waals surface area contributed by atoms with Crippen LogP contribution in [-0.2, 0) is 0 Å². The van der Waals surface area contributed by atoms with Gasteiger partial charge in [0.2, 0.25) is 0 Å². The maximum absolute atomic E-state index is 13.2. The zero-order valence-corrected chi connectivity index (χ0v) is 13.1. The van der Waals surface area contributed by atoms with Gasteiger partial charge in [0.15, 0.2) is 16.6 Å². The van der Waals surface area contributed by atoms with Crippen molar-refractivity contribution in [3.05, 3.63) is 46.4 Å². The van der Waals surface area contributed by atoms with Crippen LogP contribution in [0.25, 0.3) is 17.0 Å². The molecule has 3 aromatic rings. The Morgan fingerprint density at radius 3 is 2.30 bits per heavy atom. The van der Waals surface area contributed by atoms with Crippen molar-refractivity contribution in [2.24, 2.45) is 0 Å². The van der Waals surface area contributed by atoms with E-state index in [0.29, 0.717) is 22.8 Å². The van der Waals surface area contributed by atoms with Gasteiger partial charge in [-0.3, -0.25) is 0 Å². The van der Waals surface area contributed by atoms with Crippen LogP contribution in [0.2, 0.25) is 5.15 Å². The van der Waals surface area contributed by atoms with Crippen molar-refractivity contribution in [3.8, 4) is 11.4 Å². The van der Waals surface area contributed by atoms with Gasteiger partial charge >= 0.3 is 0 Å². The van der Waals surface area contributed by atoms with Gasteiger partial charge in [0, 0.05) is 16.7 Å². The van der Waals surface area contributed by atoms with E-state index in [0.717, 1.165) is 11.2 Å². The van der Waals surface area contributed by atoms with Crippen molar-refractivity contribution in [1.29, 1.82) is 0 Å². The average molecular weight is 329 g/mol. The number of hydrogen-bond donors (Lipinski definition) is 0. The van der Waals surface area contributed by atoms with Crippen LogP contribution in [0.5, 0.6) is 0 Å². The van der Waals surface area contributed by atoms with E-state index >= 15 is 0 Å². The molecular formula is C17H14ClFN4. The second kappa shape index (κ2) is 4.74. The van der Waals surface area contributed by atoms with Crippen LogP contribution >= 0.6 is 11.6 Å². The molecule has 0 aliphatic heterocycles. The molecular weight excluding hydrogens is 315 g/mol. The van der Waals surface area contributed by atoms with Crippen molar-refractivity contribution in [1.82, 2.24) is 19.8 Å². The number of aromatic nitrogens is 4. The molecule has 0 N–H and O–H groups in total. The highest BCUT2D eigenvalue weighted by molar-refractivity contribution is 6.30. The molecule has 3 aliphatic rings. The van der Waals surface area contributed by atoms with E-state index in [-0.39, 0.29) is 5.82 Å². The highest BCUT2D eigenvalue weighted by atomic mass is 35.5. The van der Waals surface area contributed by atoms with Gasteiger partial charge in [0.1, 0.15) is 5.82 Å². The first-order valence-corrected chi connectivity index (χ1v) is 8.31. The molecule has 0 spiro atoms. The van der Waals surface area contributed by atoms with Crippen molar-refractivity contribution in [3.63, 3.8) is 0 Å². The topological polar surface area (TPSA) is 43.1 Å². The predicted molar refractivity (Wildman–Crippen MR) is 85.1 cm³/mol. The van der Waals surface area contributed by atoms with Gasteiger partial charge in [-0.1, -0.05) is 11.6 Å². The van der Waals surface area contributed by atoms with Crippen LogP contribution in [0, 0.1) is 5.82 Å². The molecule has 0 amide bonds. The number of halogens is 2. The summed E-state index contributed by atoms with van der Waals surface area (Å²) in [5.74, 6) is 1.34. The van der Waals surface area contributed by atoms with Crippen molar-refractivity contribution in [2.45, 2.75) is 37.5 Å². The summed E-state index contributed by atoms with van der Waals surface area (Å²) in [5.41, 5.74) is 3.99. The van der Waals surface area contributed by atoms with Crippen LogP contribution in [0.3, 0.4) is 0 Å². The quantitative estimate of drug-likeness (QED) is 0.667. The molecule has 6 heteroatoms. The fourth-order valence-corrected chi connectivity index (χ4v) is 4.49. The van der Waals surface area contributed by atoms with Crippen molar-refractivity contribution in [2.75, 3.05) is 0 Å². The Morgan fingerprint density at radius 1 is 0.957 bits per heavy atom. The van der Waals surface area contributed by atoms with E-state index in [2.05, 4.69) is 15.3 Å². The second-order valence-corrected chi connectivity index (χ2v) is 6.79. The third kappa shape index (κ3) is 1.86. The largest absolute Gasteiger partial charge is 0.207 e. The van der Waals surface area contributed by atoms with Gasteiger partial charge < -0.3 is 0 Å². The summed E-state index contributed by atoms with van der Waals surface area (Å²) in [7, 11) is 0. The standard InChI is InChI=1S/C17H14ClFN4/c18-15-13-9-1-3-10(4-2-9)14(13)17-21-20-16(23(17)22-15)11-5-7-12(19)8-6-11/h5-10H,1-4H2. The molecule has 4 nitrogen and oxygen atoms in total. The van der Waals surface area contributed by atoms with E-state index < -0.39 is 0 Å². The van der Waals surface area contributed by atoms with Crippen LogP contribution in [0.4, 0.5) is 4.39 Å². The van der Waals surface area contributed by atoms with Crippen LogP contribution < -0.4 is 0 Å². The number of rotatable bonds is 1. The predicted octanol–water partition coefficient (Wildman–Crippen LogP) is 4.34. The molecule has 23 heavy (non-hydrogen) atoms. The molecule has 6 rings (SSSR count). The summed E-state index contributed by atoms with van der Waals surface area (Å²) < 4.78 is 14.9. The monoisotopic (exact) mass is 328 g/mol. The fraction of sp³-hybridized carbons (Fsp3) is 0.353. The molecule has 116 valence electrons. The lowest BCUT2D eigenvalue weighted by Crippen LogP contribution is -2.24. The Morgan fingerprint density at radius 2 is 1.61 bits per heavy atom. The summed E-state index contributed by atoms with van der Waals surface area (Å²) in [6.07, 6.45) is 4.75. The van der Waals surface area contributed by atoms with Crippen LogP contribution in [0.1, 0.15) is 48.6 Å². The first-order valence-electron chi connectivity index (χ1n) is 7.93. The molecule has 1 fully saturated rings. The third-order valence-corrected chi connectivity index (χ3v) is 5.51. The smallest absolute Gasteiger partial charge is 0.185 e. The minimum Gasteiger partial charge on any atom is -0.207 e. The molecule has 2 aromatic heterocycles. The minimum absolute atomic E-state index is 0.275. The zero-order valence-electron chi connectivity index (χ0n) is 12.3. The second-order valence-electron chi connectivity index (χ2n) is 6.43. The molecule has 0 unspecified atom stereocenters. The van der Waals surface area contributed by atoms with Crippen LogP contribution in [-0.4, -0.2) is 19.8 Å². The van der Waals surface area contributed by atoms with E-state index in [1.54, 1.807) is 16.6 Å². The third-order valence-electron chi connectivity index (χ3n) is 5.23. The number of nitrogens with zero attached hydrogens (tertiary/aromatic N) is 4. The Kier molecular flexibility index (Phi) is 2.77. The maximum atomic E-state index is 13.2. The Labute approximate surface area is 137 Å². The summed E-state index contributed by atoms with van der Waals surface area (Å²) in [6, 6.07) is 6.21. The van der Waals surface area contributed by atoms with Gasteiger partial charge in [-0.25, -0.2) is 4.39 Å². The summed E-state index contributed by atoms with van der Waals surface area (Å²) in [5, 5.41) is 13.8. The Bertz CT molecular complexity index is 910. The number of benzene rings is 1. The Balaban J connectivity index is 1.78. The first kappa shape index (κ1) is 13.4. The average Bonchev–Trinajstić information content (AvgIpc) is 3.00. The van der Waals surface area contributed by atoms with E-state index in [1.807, 2.05) is 0 Å². The fourth-order valence-electron chi connectivity index (χ4n) is 4.16. The summed E-state index contributed by atoms with van der Waals surface area (Å²) >= 11 is 6.51. The minimum atomic E-state index is -0.275. The molecule has 0 atom stereocenters. The van der Waals surface area contributed by atoms with Crippen LogP contribution in [0.15, 0.2) is 24.3 Å². The van der Waals surface area contributed by atoms with E-state index in [4.69, 9.17) is 11.6 Å². The van der Waals surface area contributed by atoms with Gasteiger partial charge in [-0.2, -0.15) is 9.61 Å². The van der Waals surface area contributed by atoms with E-state index in [9.17, 15) is 4.39 Å². The number of hydrogen-bond acceptors (Lipinski definition) is 3. The molecule has 2 heterocycles.